The summed E-state index contributed by atoms with van der Waals surface area (Å²) in [6, 6.07) is 8.87. The molecule has 0 saturated carbocycles. The van der Waals surface area contributed by atoms with Crippen LogP contribution >= 0.6 is 0 Å². The first-order valence-electron chi connectivity index (χ1n) is 10.9. The highest BCUT2D eigenvalue weighted by molar-refractivity contribution is 7.89. The minimum absolute atomic E-state index is 0.00563. The molecule has 2 aromatic carbocycles. The molecule has 0 radical (unpaired) electrons. The van der Waals surface area contributed by atoms with Crippen molar-refractivity contribution in [1.29, 1.82) is 0 Å². The normalized spacial score (nSPS) is 21.0. The van der Waals surface area contributed by atoms with Crippen molar-refractivity contribution in [1.82, 2.24) is 4.31 Å². The van der Waals surface area contributed by atoms with E-state index < -0.39 is 33.8 Å². The lowest BCUT2D eigenvalue weighted by Gasteiger charge is -2.32. The fraction of sp³-hybridized carbons (Fsp3) is 0.391. The Labute approximate surface area is 192 Å². The lowest BCUT2D eigenvalue weighted by molar-refractivity contribution is -0.123. The van der Waals surface area contributed by atoms with Crippen LogP contribution in [0.1, 0.15) is 31.7 Å². The van der Waals surface area contributed by atoms with Crippen LogP contribution in [-0.2, 0) is 19.6 Å². The summed E-state index contributed by atoms with van der Waals surface area (Å²) in [7, 11) is -3.92. The van der Waals surface area contributed by atoms with Crippen LogP contribution in [0.3, 0.4) is 0 Å². The first kappa shape index (κ1) is 23.2. The molecule has 2 heterocycles. The largest absolute Gasteiger partial charge is 0.478 e. The molecule has 1 fully saturated rings. The molecule has 10 heteroatoms. The van der Waals surface area contributed by atoms with E-state index in [0.29, 0.717) is 36.3 Å². The van der Waals surface area contributed by atoms with E-state index in [2.05, 4.69) is 10.6 Å². The molecule has 2 aliphatic rings. The highest BCUT2D eigenvalue weighted by Crippen LogP contribution is 2.36. The quantitative estimate of drug-likeness (QED) is 0.691. The van der Waals surface area contributed by atoms with E-state index >= 15 is 0 Å². The van der Waals surface area contributed by atoms with Crippen LogP contribution in [-0.4, -0.2) is 43.7 Å². The van der Waals surface area contributed by atoms with E-state index in [9.17, 15) is 22.4 Å². The molecule has 0 aromatic heterocycles. The average molecular weight is 476 g/mol. The Morgan fingerprint density at radius 3 is 2.79 bits per heavy atom. The van der Waals surface area contributed by atoms with Crippen molar-refractivity contribution in [2.45, 2.75) is 44.1 Å². The molecule has 1 saturated heterocycles. The molecule has 0 aliphatic carbocycles. The molecule has 2 amide bonds. The molecule has 0 spiro atoms. The maximum atomic E-state index is 13.9. The summed E-state index contributed by atoms with van der Waals surface area (Å²) < 4.78 is 47.9. The summed E-state index contributed by atoms with van der Waals surface area (Å²) in [6.45, 7) is 3.73. The Morgan fingerprint density at radius 1 is 1.30 bits per heavy atom. The number of piperidine rings is 1. The van der Waals surface area contributed by atoms with Gasteiger partial charge in [0.25, 0.3) is 5.91 Å². The van der Waals surface area contributed by atoms with E-state index in [0.717, 1.165) is 0 Å². The molecule has 2 aliphatic heterocycles. The third-order valence-corrected chi connectivity index (χ3v) is 7.98. The number of aryl methyl sites for hydroxylation is 1. The number of halogens is 1. The number of carbonyl (C=O) groups excluding carboxylic acids is 2. The van der Waals surface area contributed by atoms with Crippen molar-refractivity contribution >= 4 is 33.2 Å². The number of nitrogens with one attached hydrogen (secondary N) is 2. The van der Waals surface area contributed by atoms with Gasteiger partial charge in [0.05, 0.1) is 22.2 Å². The Hall–Kier alpha value is -2.98. The second-order valence-corrected chi connectivity index (χ2v) is 10.2. The van der Waals surface area contributed by atoms with Crippen molar-refractivity contribution in [3.05, 3.63) is 47.8 Å². The fourth-order valence-electron chi connectivity index (χ4n) is 4.14. The Balaban J connectivity index is 1.55. The van der Waals surface area contributed by atoms with Crippen LogP contribution in [0.5, 0.6) is 5.75 Å². The van der Waals surface area contributed by atoms with Crippen LogP contribution in [0.2, 0.25) is 0 Å². The zero-order valence-corrected chi connectivity index (χ0v) is 19.2. The van der Waals surface area contributed by atoms with Crippen LogP contribution in [0.25, 0.3) is 0 Å². The molecule has 33 heavy (non-hydrogen) atoms. The van der Waals surface area contributed by atoms with Gasteiger partial charge in [0.1, 0.15) is 11.6 Å². The van der Waals surface area contributed by atoms with Gasteiger partial charge in [0.15, 0.2) is 6.10 Å². The number of benzene rings is 2. The van der Waals surface area contributed by atoms with Gasteiger partial charge in [-0.25, -0.2) is 12.8 Å². The fourth-order valence-corrected chi connectivity index (χ4v) is 5.89. The molecule has 176 valence electrons. The number of hydrogen-bond acceptors (Lipinski definition) is 5. The van der Waals surface area contributed by atoms with Crippen molar-refractivity contribution in [3.63, 3.8) is 0 Å². The SMILES string of the molecule is CC[C@@H]1Oc2cc(S(=O)(=O)N3CCC[C@@H](C(=O)Nc4ccccc4F)C3)c(C)cc2NC1=O. The van der Waals surface area contributed by atoms with Crippen molar-refractivity contribution in [3.8, 4) is 5.75 Å². The van der Waals surface area contributed by atoms with Crippen LogP contribution < -0.4 is 15.4 Å². The topological polar surface area (TPSA) is 105 Å². The zero-order valence-electron chi connectivity index (χ0n) is 18.4. The summed E-state index contributed by atoms with van der Waals surface area (Å²) in [6.07, 6.45) is 0.773. The average Bonchev–Trinajstić information content (AvgIpc) is 2.79. The first-order valence-corrected chi connectivity index (χ1v) is 12.3. The molecular weight excluding hydrogens is 449 g/mol. The van der Waals surface area contributed by atoms with Gasteiger partial charge in [-0.3, -0.25) is 9.59 Å². The third-order valence-electron chi connectivity index (χ3n) is 5.97. The van der Waals surface area contributed by atoms with Crippen LogP contribution in [0.15, 0.2) is 41.3 Å². The molecule has 4 rings (SSSR count). The van der Waals surface area contributed by atoms with Gasteiger partial charge in [-0.1, -0.05) is 19.1 Å². The Kier molecular flexibility index (Phi) is 6.40. The highest BCUT2D eigenvalue weighted by atomic mass is 32.2. The summed E-state index contributed by atoms with van der Waals surface area (Å²) in [5.41, 5.74) is 0.963. The Morgan fingerprint density at radius 2 is 2.06 bits per heavy atom. The number of carbonyl (C=O) groups is 2. The zero-order chi connectivity index (χ0) is 23.8. The number of ether oxygens (including phenoxy) is 1. The predicted octanol–water partition coefficient (Wildman–Crippen LogP) is 3.28. The van der Waals surface area contributed by atoms with E-state index in [1.165, 1.54) is 28.6 Å². The third kappa shape index (κ3) is 4.58. The number of nitrogens with zero attached hydrogens (tertiary/aromatic N) is 1. The van der Waals surface area contributed by atoms with Crippen molar-refractivity contribution in [2.75, 3.05) is 23.7 Å². The van der Waals surface area contributed by atoms with Crippen molar-refractivity contribution in [2.24, 2.45) is 5.92 Å². The smallest absolute Gasteiger partial charge is 0.265 e. The van der Waals surface area contributed by atoms with E-state index in [-0.39, 0.29) is 29.6 Å². The van der Waals surface area contributed by atoms with Gasteiger partial charge in [0, 0.05) is 19.2 Å². The van der Waals surface area contributed by atoms with Gasteiger partial charge in [-0.2, -0.15) is 4.31 Å². The minimum atomic E-state index is -3.92. The standard InChI is InChI=1S/C23H26FN3O5S/c1-3-19-23(29)26-18-11-14(2)21(12-20(18)32-19)33(30,31)27-10-6-7-15(13-27)22(28)25-17-9-5-4-8-16(17)24/h4-5,8-9,11-12,15,19H,3,6-7,10,13H2,1-2H3,(H,25,28)(H,26,29)/t15-,19+/m1/s1. The molecule has 2 N–H and O–H groups in total. The number of rotatable bonds is 5. The number of anilines is 2. The predicted molar refractivity (Wildman–Crippen MR) is 121 cm³/mol. The van der Waals surface area contributed by atoms with Gasteiger partial charge >= 0.3 is 0 Å². The maximum absolute atomic E-state index is 13.9. The van der Waals surface area contributed by atoms with Crippen molar-refractivity contribution < 1.29 is 27.1 Å². The molecule has 8 nitrogen and oxygen atoms in total. The lowest BCUT2D eigenvalue weighted by atomic mass is 9.98. The summed E-state index contributed by atoms with van der Waals surface area (Å²) >= 11 is 0. The molecule has 2 atom stereocenters. The molecule has 0 unspecified atom stereocenters. The monoisotopic (exact) mass is 475 g/mol. The summed E-state index contributed by atoms with van der Waals surface area (Å²) in [5.74, 6) is -1.53. The second kappa shape index (κ2) is 9.11. The number of fused-ring (bicyclic) bond motifs is 1. The summed E-state index contributed by atoms with van der Waals surface area (Å²) in [4.78, 5) is 24.9. The first-order chi connectivity index (χ1) is 15.7. The lowest BCUT2D eigenvalue weighted by Crippen LogP contribution is -2.44. The van der Waals surface area contributed by atoms with Gasteiger partial charge < -0.3 is 15.4 Å². The molecule has 0 bridgehead atoms. The van der Waals surface area contributed by atoms with Gasteiger partial charge in [-0.15, -0.1) is 0 Å². The molecule has 2 aromatic rings. The summed E-state index contributed by atoms with van der Waals surface area (Å²) in [5, 5.41) is 5.32. The van der Waals surface area contributed by atoms with E-state index in [1.807, 2.05) is 0 Å². The van der Waals surface area contributed by atoms with E-state index in [4.69, 9.17) is 4.74 Å². The second-order valence-electron chi connectivity index (χ2n) is 8.29. The number of hydrogen-bond donors (Lipinski definition) is 2. The maximum Gasteiger partial charge on any atom is 0.265 e. The number of para-hydroxylation sites is 1. The van der Waals surface area contributed by atoms with Crippen LogP contribution in [0, 0.1) is 18.7 Å². The molecular formula is C23H26FN3O5S. The minimum Gasteiger partial charge on any atom is -0.478 e. The number of amides is 2. The van der Waals surface area contributed by atoms with E-state index in [1.54, 1.807) is 26.0 Å². The number of sulfonamides is 1. The Bertz CT molecular complexity index is 1200. The van der Waals surface area contributed by atoms with Crippen LogP contribution in [0.4, 0.5) is 15.8 Å². The van der Waals surface area contributed by atoms with Gasteiger partial charge in [0.2, 0.25) is 15.9 Å². The highest BCUT2D eigenvalue weighted by Gasteiger charge is 2.36. The van der Waals surface area contributed by atoms with Gasteiger partial charge in [-0.05, 0) is 49.9 Å².